The lowest BCUT2D eigenvalue weighted by molar-refractivity contribution is -0.130. The molecule has 0 spiro atoms. The zero-order valence-corrected chi connectivity index (χ0v) is 14.8. The molecular weight excluding hydrogens is 310 g/mol. The number of aromatic nitrogens is 2. The van der Waals surface area contributed by atoms with Crippen LogP contribution in [0.5, 0.6) is 0 Å². The molecule has 1 aliphatic heterocycles. The lowest BCUT2D eigenvalue weighted by Crippen LogP contribution is -2.41. The molecule has 1 fully saturated rings. The number of H-pyrrole nitrogens is 1. The molecule has 23 heavy (non-hydrogen) atoms. The molecule has 124 valence electrons. The molecule has 2 heterocycles. The summed E-state index contributed by atoms with van der Waals surface area (Å²) in [5.74, 6) is 0.797. The Balaban J connectivity index is 1.78. The molecule has 4 nitrogen and oxygen atoms in total. The van der Waals surface area contributed by atoms with E-state index in [4.69, 9.17) is 11.6 Å². The minimum Gasteiger partial charge on any atom is -0.343 e. The van der Waals surface area contributed by atoms with E-state index >= 15 is 0 Å². The zero-order valence-electron chi connectivity index (χ0n) is 14.0. The van der Waals surface area contributed by atoms with E-state index < -0.39 is 0 Å². The summed E-state index contributed by atoms with van der Waals surface area (Å²) in [5.41, 5.74) is 2.47. The fourth-order valence-electron chi connectivity index (χ4n) is 3.84. The predicted octanol–water partition coefficient (Wildman–Crippen LogP) is 4.04. The van der Waals surface area contributed by atoms with Crippen LogP contribution in [0.4, 0.5) is 0 Å². The van der Waals surface area contributed by atoms with Crippen molar-refractivity contribution in [1.29, 1.82) is 0 Å². The fourth-order valence-corrected chi connectivity index (χ4v) is 4.09. The first-order valence-corrected chi connectivity index (χ1v) is 8.61. The highest BCUT2D eigenvalue weighted by Gasteiger charge is 2.33. The number of benzene rings is 1. The fraction of sp³-hybridized carbons (Fsp3) is 0.556. The topological polar surface area (TPSA) is 49.0 Å². The second kappa shape index (κ2) is 6.16. The molecule has 1 N–H and O–H groups in total. The maximum Gasteiger partial charge on any atom is 0.219 e. The number of aromatic amines is 1. The van der Waals surface area contributed by atoms with Crippen LogP contribution in [0.2, 0.25) is 5.02 Å². The van der Waals surface area contributed by atoms with Crippen molar-refractivity contribution in [2.45, 2.75) is 40.0 Å². The van der Waals surface area contributed by atoms with Gasteiger partial charge < -0.3 is 4.90 Å². The minimum absolute atomic E-state index is 0.158. The summed E-state index contributed by atoms with van der Waals surface area (Å²) in [6.07, 6.45) is 4.92. The summed E-state index contributed by atoms with van der Waals surface area (Å²) in [4.78, 5) is 13.5. The van der Waals surface area contributed by atoms with Gasteiger partial charge in [-0.2, -0.15) is 5.10 Å². The number of nitrogens with zero attached hydrogens (tertiary/aromatic N) is 2. The third kappa shape index (κ3) is 3.37. The Kier molecular flexibility index (Phi) is 4.37. The van der Waals surface area contributed by atoms with Gasteiger partial charge in [0.15, 0.2) is 0 Å². The first-order chi connectivity index (χ1) is 10.9. The van der Waals surface area contributed by atoms with Gasteiger partial charge in [0, 0.05) is 30.4 Å². The van der Waals surface area contributed by atoms with E-state index in [-0.39, 0.29) is 11.3 Å². The van der Waals surface area contributed by atoms with E-state index in [1.807, 2.05) is 17.2 Å². The lowest BCUT2D eigenvalue weighted by atomic mass is 9.70. The molecule has 1 amide bonds. The monoisotopic (exact) mass is 333 g/mol. The molecule has 0 aliphatic carbocycles. The number of fused-ring (bicyclic) bond motifs is 1. The number of carbonyl (C=O) groups excluding carboxylic acids is 1. The van der Waals surface area contributed by atoms with Gasteiger partial charge in [-0.25, -0.2) is 0 Å². The number of hydrogen-bond acceptors (Lipinski definition) is 2. The average Bonchev–Trinajstić information content (AvgIpc) is 2.95. The van der Waals surface area contributed by atoms with Crippen LogP contribution in [0, 0.1) is 11.3 Å². The second-order valence-corrected chi connectivity index (χ2v) is 7.78. The normalized spacial score (nSPS) is 17.0. The number of nitrogens with one attached hydrogen (secondary N) is 1. The lowest BCUT2D eigenvalue weighted by Gasteiger charge is -2.40. The molecule has 1 aliphatic rings. The van der Waals surface area contributed by atoms with Crippen molar-refractivity contribution in [3.63, 3.8) is 0 Å². The zero-order chi connectivity index (χ0) is 16.6. The Hall–Kier alpha value is -1.55. The Bertz CT molecular complexity index is 714. The minimum atomic E-state index is 0.158. The van der Waals surface area contributed by atoms with E-state index in [1.54, 1.807) is 6.92 Å². The van der Waals surface area contributed by atoms with Gasteiger partial charge in [0.1, 0.15) is 0 Å². The molecule has 0 saturated carbocycles. The van der Waals surface area contributed by atoms with Crippen LogP contribution in [0.25, 0.3) is 10.9 Å². The standard InChI is InChI=1S/C18H24ClN3O/c1-12(23)22-6-4-15(5-7-22)18(2,3)10-13-8-16(19)9-14-11-20-21-17(13)14/h8-9,11,15H,4-7,10H2,1-3H3,(H,20,21). The van der Waals surface area contributed by atoms with Crippen LogP contribution < -0.4 is 0 Å². The van der Waals surface area contributed by atoms with Gasteiger partial charge in [0.2, 0.25) is 5.91 Å². The van der Waals surface area contributed by atoms with Crippen molar-refractivity contribution in [3.05, 3.63) is 28.9 Å². The van der Waals surface area contributed by atoms with Gasteiger partial charge in [0.05, 0.1) is 11.7 Å². The third-order valence-corrected chi connectivity index (χ3v) is 5.51. The van der Waals surface area contributed by atoms with Gasteiger partial charge in [-0.15, -0.1) is 0 Å². The maximum atomic E-state index is 11.5. The van der Waals surface area contributed by atoms with Crippen molar-refractivity contribution in [2.75, 3.05) is 13.1 Å². The van der Waals surface area contributed by atoms with E-state index in [9.17, 15) is 4.79 Å². The van der Waals surface area contributed by atoms with Gasteiger partial charge >= 0.3 is 0 Å². The molecule has 2 aromatic rings. The Labute approximate surface area is 142 Å². The maximum absolute atomic E-state index is 11.5. The van der Waals surface area contributed by atoms with Crippen LogP contribution in [0.15, 0.2) is 18.3 Å². The molecule has 3 rings (SSSR count). The second-order valence-electron chi connectivity index (χ2n) is 7.34. The smallest absolute Gasteiger partial charge is 0.219 e. The number of piperidine rings is 1. The summed E-state index contributed by atoms with van der Waals surface area (Å²) in [7, 11) is 0. The first-order valence-electron chi connectivity index (χ1n) is 8.24. The van der Waals surface area contributed by atoms with Crippen LogP contribution in [0.3, 0.4) is 0 Å². The number of carbonyl (C=O) groups is 1. The largest absolute Gasteiger partial charge is 0.343 e. The van der Waals surface area contributed by atoms with E-state index in [0.29, 0.717) is 5.92 Å². The van der Waals surface area contributed by atoms with Crippen molar-refractivity contribution < 1.29 is 4.79 Å². The molecule has 1 aromatic carbocycles. The highest BCUT2D eigenvalue weighted by Crippen LogP contribution is 2.39. The summed E-state index contributed by atoms with van der Waals surface area (Å²) >= 11 is 6.26. The Morgan fingerprint density at radius 1 is 1.39 bits per heavy atom. The summed E-state index contributed by atoms with van der Waals surface area (Å²) in [6, 6.07) is 4.00. The highest BCUT2D eigenvalue weighted by molar-refractivity contribution is 6.31. The molecular formula is C18H24ClN3O. The number of halogens is 1. The van der Waals surface area contributed by atoms with Crippen LogP contribution >= 0.6 is 11.6 Å². The molecule has 0 unspecified atom stereocenters. The van der Waals surface area contributed by atoms with E-state index in [2.05, 4.69) is 30.1 Å². The van der Waals surface area contributed by atoms with Crippen LogP contribution in [-0.2, 0) is 11.2 Å². The molecule has 0 radical (unpaired) electrons. The molecule has 0 atom stereocenters. The van der Waals surface area contributed by atoms with Crippen molar-refractivity contribution in [3.8, 4) is 0 Å². The van der Waals surface area contributed by atoms with Gasteiger partial charge in [-0.3, -0.25) is 9.89 Å². The first kappa shape index (κ1) is 16.3. The quantitative estimate of drug-likeness (QED) is 0.921. The molecule has 0 bridgehead atoms. The van der Waals surface area contributed by atoms with Crippen molar-refractivity contribution in [2.24, 2.45) is 11.3 Å². The summed E-state index contributed by atoms with van der Waals surface area (Å²) in [6.45, 7) is 8.05. The van der Waals surface area contributed by atoms with Crippen LogP contribution in [0.1, 0.15) is 39.2 Å². The van der Waals surface area contributed by atoms with Gasteiger partial charge in [-0.1, -0.05) is 25.4 Å². The average molecular weight is 334 g/mol. The van der Waals surface area contributed by atoms with Gasteiger partial charge in [0.25, 0.3) is 0 Å². The third-order valence-electron chi connectivity index (χ3n) is 5.29. The number of rotatable bonds is 3. The molecule has 5 heteroatoms. The number of hydrogen-bond donors (Lipinski definition) is 1. The predicted molar refractivity (Wildman–Crippen MR) is 93.6 cm³/mol. The molecule has 1 saturated heterocycles. The van der Waals surface area contributed by atoms with Crippen molar-refractivity contribution in [1.82, 2.24) is 15.1 Å². The van der Waals surface area contributed by atoms with E-state index in [1.165, 1.54) is 5.56 Å². The Morgan fingerprint density at radius 3 is 2.74 bits per heavy atom. The SMILES string of the molecule is CC(=O)N1CCC(C(C)(C)Cc2cc(Cl)cc3cn[nH]c23)CC1. The summed E-state index contributed by atoms with van der Waals surface area (Å²) < 4.78 is 0. The van der Waals surface area contributed by atoms with E-state index in [0.717, 1.165) is 48.3 Å². The number of amides is 1. The highest BCUT2D eigenvalue weighted by atomic mass is 35.5. The van der Waals surface area contributed by atoms with Crippen LogP contribution in [-0.4, -0.2) is 34.1 Å². The molecule has 1 aromatic heterocycles. The van der Waals surface area contributed by atoms with Crippen molar-refractivity contribution >= 4 is 28.4 Å². The van der Waals surface area contributed by atoms with Gasteiger partial charge in [-0.05, 0) is 48.3 Å². The summed E-state index contributed by atoms with van der Waals surface area (Å²) in [5, 5.41) is 9.07. The Morgan fingerprint density at radius 2 is 2.09 bits per heavy atom. The number of likely N-dealkylation sites (tertiary alicyclic amines) is 1.